The number of hydrogen-bond donors (Lipinski definition) is 2. The zero-order valence-corrected chi connectivity index (χ0v) is 16.2. The number of rotatable bonds is 6. The SMILES string of the molecule is COc1ccc(-c2nnc(SCC(=O)Nc3ccc(C)c(C)c3)n2N)cc1. The van der Waals surface area contributed by atoms with Crippen LogP contribution in [0.4, 0.5) is 5.69 Å². The minimum atomic E-state index is -0.128. The molecule has 0 saturated heterocycles. The second-order valence-corrected chi connectivity index (χ2v) is 6.98. The van der Waals surface area contributed by atoms with Gasteiger partial charge < -0.3 is 15.9 Å². The summed E-state index contributed by atoms with van der Waals surface area (Å²) in [6.45, 7) is 4.04. The second kappa shape index (κ2) is 8.13. The van der Waals surface area contributed by atoms with E-state index in [0.29, 0.717) is 11.0 Å². The van der Waals surface area contributed by atoms with Gasteiger partial charge in [0.15, 0.2) is 5.82 Å². The highest BCUT2D eigenvalue weighted by Crippen LogP contribution is 2.23. The van der Waals surface area contributed by atoms with Crippen LogP contribution in [0.2, 0.25) is 0 Å². The fraction of sp³-hybridized carbons (Fsp3) is 0.211. The number of aromatic nitrogens is 3. The van der Waals surface area contributed by atoms with Crippen LogP contribution in [0.1, 0.15) is 11.1 Å². The lowest BCUT2D eigenvalue weighted by atomic mass is 10.1. The van der Waals surface area contributed by atoms with Crippen LogP contribution in [-0.4, -0.2) is 33.6 Å². The van der Waals surface area contributed by atoms with Gasteiger partial charge in [-0.15, -0.1) is 10.2 Å². The molecule has 0 fully saturated rings. The van der Waals surface area contributed by atoms with Crippen molar-refractivity contribution in [1.29, 1.82) is 0 Å². The number of nitrogen functional groups attached to an aromatic ring is 1. The number of carbonyl (C=O) groups is 1. The van der Waals surface area contributed by atoms with Crippen molar-refractivity contribution in [2.24, 2.45) is 0 Å². The van der Waals surface area contributed by atoms with Gasteiger partial charge in [0.2, 0.25) is 11.1 Å². The smallest absolute Gasteiger partial charge is 0.234 e. The van der Waals surface area contributed by atoms with E-state index < -0.39 is 0 Å². The Morgan fingerprint density at radius 1 is 1.15 bits per heavy atom. The molecule has 140 valence electrons. The molecule has 0 saturated carbocycles. The van der Waals surface area contributed by atoms with Crippen molar-refractivity contribution in [2.45, 2.75) is 19.0 Å². The number of ether oxygens (including phenoxy) is 1. The van der Waals surface area contributed by atoms with Gasteiger partial charge in [-0.3, -0.25) is 4.79 Å². The van der Waals surface area contributed by atoms with Crippen LogP contribution in [0.3, 0.4) is 0 Å². The lowest BCUT2D eigenvalue weighted by molar-refractivity contribution is -0.113. The quantitative estimate of drug-likeness (QED) is 0.502. The van der Waals surface area contributed by atoms with Crippen LogP contribution in [0.25, 0.3) is 11.4 Å². The highest BCUT2D eigenvalue weighted by Gasteiger charge is 2.14. The van der Waals surface area contributed by atoms with Crippen molar-refractivity contribution in [3.63, 3.8) is 0 Å². The number of hydrogen-bond acceptors (Lipinski definition) is 6. The Balaban J connectivity index is 1.63. The average molecular weight is 383 g/mol. The molecule has 2 aromatic carbocycles. The van der Waals surface area contributed by atoms with Crippen LogP contribution in [-0.2, 0) is 4.79 Å². The molecule has 0 atom stereocenters. The molecule has 0 spiro atoms. The largest absolute Gasteiger partial charge is 0.497 e. The summed E-state index contributed by atoms with van der Waals surface area (Å²) >= 11 is 1.23. The Morgan fingerprint density at radius 3 is 2.56 bits per heavy atom. The van der Waals surface area contributed by atoms with Crippen molar-refractivity contribution in [3.05, 3.63) is 53.6 Å². The maximum absolute atomic E-state index is 12.2. The molecule has 0 aliphatic carbocycles. The Morgan fingerprint density at radius 2 is 1.89 bits per heavy atom. The number of nitrogens with zero attached hydrogens (tertiary/aromatic N) is 3. The summed E-state index contributed by atoms with van der Waals surface area (Å²) in [7, 11) is 1.61. The lowest BCUT2D eigenvalue weighted by Gasteiger charge is -2.08. The molecule has 1 heterocycles. The maximum atomic E-state index is 12.2. The minimum Gasteiger partial charge on any atom is -0.497 e. The fourth-order valence-corrected chi connectivity index (χ4v) is 3.12. The first kappa shape index (κ1) is 18.8. The summed E-state index contributed by atoms with van der Waals surface area (Å²) in [6, 6.07) is 13.2. The molecule has 7 nitrogen and oxygen atoms in total. The molecular weight excluding hydrogens is 362 g/mol. The van der Waals surface area contributed by atoms with Crippen LogP contribution in [0.15, 0.2) is 47.6 Å². The number of anilines is 1. The van der Waals surface area contributed by atoms with Crippen molar-refractivity contribution >= 4 is 23.4 Å². The monoisotopic (exact) mass is 383 g/mol. The molecule has 1 amide bonds. The number of benzene rings is 2. The van der Waals surface area contributed by atoms with E-state index in [2.05, 4.69) is 15.5 Å². The van der Waals surface area contributed by atoms with Gasteiger partial charge >= 0.3 is 0 Å². The molecule has 0 bridgehead atoms. The predicted molar refractivity (Wildman–Crippen MR) is 107 cm³/mol. The summed E-state index contributed by atoms with van der Waals surface area (Å²) in [6.07, 6.45) is 0. The van der Waals surface area contributed by atoms with Crippen LogP contribution in [0.5, 0.6) is 5.75 Å². The van der Waals surface area contributed by atoms with Crippen molar-refractivity contribution < 1.29 is 9.53 Å². The molecule has 1 aromatic heterocycles. The molecule has 3 N–H and O–H groups in total. The highest BCUT2D eigenvalue weighted by molar-refractivity contribution is 7.99. The van der Waals surface area contributed by atoms with E-state index in [0.717, 1.165) is 22.6 Å². The van der Waals surface area contributed by atoms with Gasteiger partial charge in [-0.1, -0.05) is 17.8 Å². The number of methoxy groups -OCH3 is 1. The molecular formula is C19H21N5O2S. The van der Waals surface area contributed by atoms with E-state index in [-0.39, 0.29) is 11.7 Å². The third-order valence-corrected chi connectivity index (χ3v) is 5.08. The van der Waals surface area contributed by atoms with Gasteiger partial charge in [0.1, 0.15) is 5.75 Å². The van der Waals surface area contributed by atoms with Gasteiger partial charge in [-0.05, 0) is 61.4 Å². The van der Waals surface area contributed by atoms with Gasteiger partial charge in [0, 0.05) is 11.3 Å². The molecule has 3 rings (SSSR count). The van der Waals surface area contributed by atoms with Gasteiger partial charge in [0.25, 0.3) is 0 Å². The third kappa shape index (κ3) is 4.40. The van der Waals surface area contributed by atoms with E-state index in [9.17, 15) is 4.79 Å². The molecule has 0 aliphatic rings. The van der Waals surface area contributed by atoms with Crippen molar-refractivity contribution in [2.75, 3.05) is 24.0 Å². The van der Waals surface area contributed by atoms with Crippen LogP contribution >= 0.6 is 11.8 Å². The predicted octanol–water partition coefficient (Wildman–Crippen LogP) is 3.02. The lowest BCUT2D eigenvalue weighted by Crippen LogP contribution is -2.16. The normalized spacial score (nSPS) is 10.6. The Kier molecular flexibility index (Phi) is 5.66. The minimum absolute atomic E-state index is 0.128. The van der Waals surface area contributed by atoms with E-state index in [4.69, 9.17) is 10.6 Å². The first-order chi connectivity index (χ1) is 13.0. The Hall–Kier alpha value is -3.00. The summed E-state index contributed by atoms with van der Waals surface area (Å²) in [5.74, 6) is 7.42. The second-order valence-electron chi connectivity index (χ2n) is 6.04. The first-order valence-electron chi connectivity index (χ1n) is 8.32. The number of nitrogens with two attached hydrogens (primary N) is 1. The van der Waals surface area contributed by atoms with E-state index in [1.54, 1.807) is 7.11 Å². The summed E-state index contributed by atoms with van der Waals surface area (Å²) in [5, 5.41) is 11.5. The van der Waals surface area contributed by atoms with Crippen molar-refractivity contribution in [1.82, 2.24) is 14.9 Å². The third-order valence-electron chi connectivity index (χ3n) is 4.14. The number of carbonyl (C=O) groups excluding carboxylic acids is 1. The van der Waals surface area contributed by atoms with Gasteiger partial charge in [0.05, 0.1) is 12.9 Å². The van der Waals surface area contributed by atoms with E-state index >= 15 is 0 Å². The van der Waals surface area contributed by atoms with E-state index in [1.165, 1.54) is 22.0 Å². The zero-order valence-electron chi connectivity index (χ0n) is 15.4. The summed E-state index contributed by atoms with van der Waals surface area (Å²) in [5.41, 5.74) is 3.91. The topological polar surface area (TPSA) is 95.1 Å². The first-order valence-corrected chi connectivity index (χ1v) is 9.31. The maximum Gasteiger partial charge on any atom is 0.234 e. The number of aryl methyl sites for hydroxylation is 2. The van der Waals surface area contributed by atoms with Gasteiger partial charge in [-0.2, -0.15) is 0 Å². The fourth-order valence-electron chi connectivity index (χ4n) is 2.46. The molecule has 0 unspecified atom stereocenters. The zero-order chi connectivity index (χ0) is 19.4. The van der Waals surface area contributed by atoms with Gasteiger partial charge in [-0.25, -0.2) is 4.68 Å². The molecule has 3 aromatic rings. The summed E-state index contributed by atoms with van der Waals surface area (Å²) < 4.78 is 6.53. The highest BCUT2D eigenvalue weighted by atomic mass is 32.2. The Labute approximate surface area is 161 Å². The van der Waals surface area contributed by atoms with Crippen LogP contribution in [0, 0.1) is 13.8 Å². The average Bonchev–Trinajstić information content (AvgIpc) is 3.03. The van der Waals surface area contributed by atoms with E-state index in [1.807, 2.05) is 56.3 Å². The molecule has 27 heavy (non-hydrogen) atoms. The number of amides is 1. The van der Waals surface area contributed by atoms with Crippen molar-refractivity contribution in [3.8, 4) is 17.1 Å². The number of nitrogens with one attached hydrogen (secondary N) is 1. The molecule has 8 heteroatoms. The molecule has 0 aliphatic heterocycles. The number of thioether (sulfide) groups is 1. The summed E-state index contributed by atoms with van der Waals surface area (Å²) in [4.78, 5) is 12.2. The van der Waals surface area contributed by atoms with Crippen LogP contribution < -0.4 is 15.9 Å². The molecule has 0 radical (unpaired) electrons. The standard InChI is InChI=1S/C19H21N5O2S/c1-12-4-7-15(10-13(12)2)21-17(25)11-27-19-23-22-18(24(19)20)14-5-8-16(26-3)9-6-14/h4-10H,11,20H2,1-3H3,(H,21,25). The Bertz CT molecular complexity index is 953.